The van der Waals surface area contributed by atoms with Gasteiger partial charge < -0.3 is 5.32 Å². The molecule has 0 spiro atoms. The number of nitrogens with one attached hydrogen (secondary N) is 1. The molecule has 1 fully saturated rings. The molecule has 2 heterocycles. The van der Waals surface area contributed by atoms with E-state index in [2.05, 4.69) is 22.7 Å². The molecule has 0 saturated carbocycles. The fraction of sp³-hybridized carbons (Fsp3) is 0.625. The minimum absolute atomic E-state index is 0. The monoisotopic (exact) mass is 204 g/mol. The summed E-state index contributed by atoms with van der Waals surface area (Å²) >= 11 is 1.63. The van der Waals surface area contributed by atoms with Gasteiger partial charge in [-0.2, -0.15) is 4.37 Å². The SMILES string of the molecule is Cc1cc([C@@H]2CCCN2)sn1.Cl. The molecule has 1 aromatic heterocycles. The van der Waals surface area contributed by atoms with E-state index in [0.717, 1.165) is 5.69 Å². The Hall–Kier alpha value is -0.120. The minimum atomic E-state index is 0. The van der Waals surface area contributed by atoms with E-state index in [0.29, 0.717) is 6.04 Å². The average molecular weight is 205 g/mol. The van der Waals surface area contributed by atoms with E-state index < -0.39 is 0 Å². The van der Waals surface area contributed by atoms with E-state index in [1.807, 2.05) is 0 Å². The van der Waals surface area contributed by atoms with E-state index in [1.54, 1.807) is 11.5 Å². The zero-order chi connectivity index (χ0) is 7.68. The van der Waals surface area contributed by atoms with Crippen molar-refractivity contribution in [2.75, 3.05) is 6.54 Å². The molecule has 1 saturated heterocycles. The molecule has 1 aliphatic rings. The lowest BCUT2D eigenvalue weighted by Gasteiger charge is -2.04. The maximum absolute atomic E-state index is 4.26. The van der Waals surface area contributed by atoms with Crippen molar-refractivity contribution in [1.82, 2.24) is 9.69 Å². The van der Waals surface area contributed by atoms with Crippen molar-refractivity contribution in [3.63, 3.8) is 0 Å². The van der Waals surface area contributed by atoms with Crippen LogP contribution in [0.25, 0.3) is 0 Å². The Bertz CT molecular complexity index is 243. The normalized spacial score (nSPS) is 22.2. The fourth-order valence-corrected chi connectivity index (χ4v) is 2.33. The molecule has 4 heteroatoms. The average Bonchev–Trinajstić information content (AvgIpc) is 2.55. The van der Waals surface area contributed by atoms with Gasteiger partial charge in [-0.25, -0.2) is 0 Å². The number of hydrogen-bond donors (Lipinski definition) is 1. The van der Waals surface area contributed by atoms with Crippen molar-refractivity contribution in [3.05, 3.63) is 16.6 Å². The molecule has 0 bridgehead atoms. The number of nitrogens with zero attached hydrogens (tertiary/aromatic N) is 1. The predicted molar refractivity (Wildman–Crippen MR) is 54.1 cm³/mol. The number of hydrogen-bond acceptors (Lipinski definition) is 3. The van der Waals surface area contributed by atoms with Crippen LogP contribution in [0.4, 0.5) is 0 Å². The molecule has 12 heavy (non-hydrogen) atoms. The molecule has 1 N–H and O–H groups in total. The van der Waals surface area contributed by atoms with Crippen LogP contribution >= 0.6 is 23.9 Å². The zero-order valence-corrected chi connectivity index (χ0v) is 8.67. The van der Waals surface area contributed by atoms with E-state index >= 15 is 0 Å². The summed E-state index contributed by atoms with van der Waals surface area (Å²) in [4.78, 5) is 1.40. The molecule has 1 aliphatic heterocycles. The number of aryl methyl sites for hydroxylation is 1. The van der Waals surface area contributed by atoms with Gasteiger partial charge in [-0.15, -0.1) is 12.4 Å². The Balaban J connectivity index is 0.000000720. The zero-order valence-electron chi connectivity index (χ0n) is 7.04. The smallest absolute Gasteiger partial charge is 0.0514 e. The molecule has 0 radical (unpaired) electrons. The third-order valence-electron chi connectivity index (χ3n) is 2.05. The molecule has 0 unspecified atom stereocenters. The largest absolute Gasteiger partial charge is 0.309 e. The molecular formula is C8H13ClN2S. The summed E-state index contributed by atoms with van der Waals surface area (Å²) in [6.45, 7) is 3.22. The highest BCUT2D eigenvalue weighted by atomic mass is 35.5. The Kier molecular flexibility index (Phi) is 3.50. The van der Waals surface area contributed by atoms with Crippen LogP contribution in [0.15, 0.2) is 6.07 Å². The van der Waals surface area contributed by atoms with Gasteiger partial charge in [0, 0.05) is 10.9 Å². The predicted octanol–water partition coefficient (Wildman–Crippen LogP) is 2.30. The second-order valence-corrected chi connectivity index (χ2v) is 3.86. The van der Waals surface area contributed by atoms with E-state index in [9.17, 15) is 0 Å². The first-order valence-electron chi connectivity index (χ1n) is 4.03. The molecular weight excluding hydrogens is 192 g/mol. The second-order valence-electron chi connectivity index (χ2n) is 3.02. The van der Waals surface area contributed by atoms with Crippen LogP contribution in [0.3, 0.4) is 0 Å². The number of rotatable bonds is 1. The van der Waals surface area contributed by atoms with E-state index in [4.69, 9.17) is 0 Å². The van der Waals surface area contributed by atoms with Crippen LogP contribution < -0.4 is 5.32 Å². The van der Waals surface area contributed by atoms with Gasteiger partial charge in [-0.3, -0.25) is 0 Å². The summed E-state index contributed by atoms with van der Waals surface area (Å²) in [6, 6.07) is 2.79. The lowest BCUT2D eigenvalue weighted by molar-refractivity contribution is 0.659. The van der Waals surface area contributed by atoms with Crippen molar-refractivity contribution >= 4 is 23.9 Å². The highest BCUT2D eigenvalue weighted by molar-refractivity contribution is 7.05. The second kappa shape index (κ2) is 4.21. The molecule has 68 valence electrons. The van der Waals surface area contributed by atoms with Crippen LogP contribution in [-0.4, -0.2) is 10.9 Å². The molecule has 2 rings (SSSR count). The molecule has 2 nitrogen and oxygen atoms in total. The molecule has 0 amide bonds. The van der Waals surface area contributed by atoms with Crippen LogP contribution in [0, 0.1) is 6.92 Å². The maximum Gasteiger partial charge on any atom is 0.0514 e. The minimum Gasteiger partial charge on any atom is -0.309 e. The van der Waals surface area contributed by atoms with Crippen molar-refractivity contribution in [2.24, 2.45) is 0 Å². The van der Waals surface area contributed by atoms with Gasteiger partial charge in [0.1, 0.15) is 0 Å². The Morgan fingerprint density at radius 2 is 2.50 bits per heavy atom. The summed E-state index contributed by atoms with van der Waals surface area (Å²) < 4.78 is 4.26. The third kappa shape index (κ3) is 1.97. The first kappa shape index (κ1) is 9.96. The van der Waals surface area contributed by atoms with Gasteiger partial charge in [0.2, 0.25) is 0 Å². The summed E-state index contributed by atoms with van der Waals surface area (Å²) in [7, 11) is 0. The molecule has 0 aliphatic carbocycles. The topological polar surface area (TPSA) is 24.9 Å². The Morgan fingerprint density at radius 3 is 3.00 bits per heavy atom. The van der Waals surface area contributed by atoms with Crippen LogP contribution in [-0.2, 0) is 0 Å². The fourth-order valence-electron chi connectivity index (χ4n) is 1.47. The number of aromatic nitrogens is 1. The van der Waals surface area contributed by atoms with E-state index in [1.165, 1.54) is 24.3 Å². The van der Waals surface area contributed by atoms with Crippen LogP contribution in [0.1, 0.15) is 29.5 Å². The lowest BCUT2D eigenvalue weighted by Crippen LogP contribution is -2.11. The van der Waals surface area contributed by atoms with E-state index in [-0.39, 0.29) is 12.4 Å². The highest BCUT2D eigenvalue weighted by Gasteiger charge is 2.17. The van der Waals surface area contributed by atoms with Gasteiger partial charge in [0.15, 0.2) is 0 Å². The lowest BCUT2D eigenvalue weighted by atomic mass is 10.2. The molecule has 0 aromatic carbocycles. The first-order valence-corrected chi connectivity index (χ1v) is 4.80. The van der Waals surface area contributed by atoms with Crippen LogP contribution in [0.2, 0.25) is 0 Å². The van der Waals surface area contributed by atoms with Crippen molar-refractivity contribution in [2.45, 2.75) is 25.8 Å². The first-order chi connectivity index (χ1) is 5.36. The summed E-state index contributed by atoms with van der Waals surface area (Å²) in [5.74, 6) is 0. The third-order valence-corrected chi connectivity index (χ3v) is 3.04. The van der Waals surface area contributed by atoms with Crippen LogP contribution in [0.5, 0.6) is 0 Å². The van der Waals surface area contributed by atoms with Gasteiger partial charge in [0.05, 0.1) is 5.69 Å². The van der Waals surface area contributed by atoms with Crippen molar-refractivity contribution in [1.29, 1.82) is 0 Å². The van der Waals surface area contributed by atoms with Crippen molar-refractivity contribution in [3.8, 4) is 0 Å². The summed E-state index contributed by atoms with van der Waals surface area (Å²) in [6.07, 6.45) is 2.59. The summed E-state index contributed by atoms with van der Waals surface area (Å²) in [5.41, 5.74) is 1.15. The standard InChI is InChI=1S/C8H12N2S.ClH/c1-6-5-8(11-10-6)7-3-2-4-9-7;/h5,7,9H,2-4H2,1H3;1H/t7-;/m0./s1. The van der Waals surface area contributed by atoms with Gasteiger partial charge in [-0.05, 0) is 43.9 Å². The maximum atomic E-state index is 4.26. The Morgan fingerprint density at radius 1 is 1.67 bits per heavy atom. The number of halogens is 1. The van der Waals surface area contributed by atoms with Gasteiger partial charge in [-0.1, -0.05) is 0 Å². The highest BCUT2D eigenvalue weighted by Crippen LogP contribution is 2.26. The van der Waals surface area contributed by atoms with Gasteiger partial charge >= 0.3 is 0 Å². The quantitative estimate of drug-likeness (QED) is 0.760. The molecule has 1 atom stereocenters. The van der Waals surface area contributed by atoms with Gasteiger partial charge in [0.25, 0.3) is 0 Å². The summed E-state index contributed by atoms with van der Waals surface area (Å²) in [5, 5.41) is 3.46. The van der Waals surface area contributed by atoms with Crippen molar-refractivity contribution < 1.29 is 0 Å². The molecule has 1 aromatic rings. The Labute approximate surface area is 83.0 Å².